The fourth-order valence-electron chi connectivity index (χ4n) is 2.64. The number of pyridine rings is 1. The summed E-state index contributed by atoms with van der Waals surface area (Å²) in [6.45, 7) is 2.72. The first kappa shape index (κ1) is 18.7. The van der Waals surface area contributed by atoms with Gasteiger partial charge in [0.15, 0.2) is 0 Å². The average molecular weight is 382 g/mol. The van der Waals surface area contributed by atoms with Crippen LogP contribution in [0.25, 0.3) is 0 Å². The van der Waals surface area contributed by atoms with Gasteiger partial charge in [-0.1, -0.05) is 35.9 Å². The Balaban J connectivity index is 1.72. The maximum atomic E-state index is 12.6. The summed E-state index contributed by atoms with van der Waals surface area (Å²) in [4.78, 5) is 16.8. The van der Waals surface area contributed by atoms with Gasteiger partial charge in [-0.15, -0.1) is 0 Å². The van der Waals surface area contributed by atoms with Crippen LogP contribution in [0.3, 0.4) is 0 Å². The van der Waals surface area contributed by atoms with Gasteiger partial charge in [0.2, 0.25) is 0 Å². The normalized spacial score (nSPS) is 10.3. The van der Waals surface area contributed by atoms with Crippen molar-refractivity contribution in [2.75, 3.05) is 17.7 Å². The van der Waals surface area contributed by atoms with E-state index in [1.807, 2.05) is 12.1 Å². The highest BCUT2D eigenvalue weighted by Crippen LogP contribution is 2.28. The minimum atomic E-state index is -0.289. The van der Waals surface area contributed by atoms with Crippen LogP contribution in [0.15, 0.2) is 60.9 Å². The van der Waals surface area contributed by atoms with E-state index in [0.717, 1.165) is 5.69 Å². The van der Waals surface area contributed by atoms with Crippen molar-refractivity contribution in [2.24, 2.45) is 0 Å². The highest BCUT2D eigenvalue weighted by Gasteiger charge is 2.11. The first-order valence-electron chi connectivity index (χ1n) is 8.45. The Labute approximate surface area is 163 Å². The third-order valence-electron chi connectivity index (χ3n) is 4.15. The number of hydrogen-bond acceptors (Lipinski definition) is 4. The van der Waals surface area contributed by atoms with E-state index in [-0.39, 0.29) is 5.91 Å². The van der Waals surface area contributed by atoms with Crippen LogP contribution in [0.5, 0.6) is 5.75 Å². The number of benzene rings is 2. The second-order valence-corrected chi connectivity index (χ2v) is 6.48. The van der Waals surface area contributed by atoms with E-state index in [1.54, 1.807) is 30.5 Å². The second kappa shape index (κ2) is 8.56. The summed E-state index contributed by atoms with van der Waals surface area (Å²) in [5, 5.41) is 6.63. The van der Waals surface area contributed by atoms with Crippen molar-refractivity contribution in [3.63, 3.8) is 0 Å². The van der Waals surface area contributed by atoms with Gasteiger partial charge < -0.3 is 15.4 Å². The predicted molar refractivity (Wildman–Crippen MR) is 109 cm³/mol. The molecule has 0 unspecified atom stereocenters. The van der Waals surface area contributed by atoms with E-state index in [1.165, 1.54) is 24.4 Å². The first-order chi connectivity index (χ1) is 13.1. The Morgan fingerprint density at radius 1 is 1.15 bits per heavy atom. The van der Waals surface area contributed by atoms with Gasteiger partial charge in [0, 0.05) is 24.0 Å². The van der Waals surface area contributed by atoms with Crippen molar-refractivity contribution >= 4 is 28.9 Å². The van der Waals surface area contributed by atoms with Gasteiger partial charge in [0.25, 0.3) is 5.91 Å². The number of ether oxygens (including phenoxy) is 1. The van der Waals surface area contributed by atoms with Crippen LogP contribution in [0.4, 0.5) is 11.4 Å². The standard InChI is InChI=1S/C21H20ClN3O2/c1-14-5-3-4-6-15(14)12-24-18-9-16(11-23-13-18)21(26)25-19-10-17(22)7-8-20(19)27-2/h3-11,13,24H,12H2,1-2H3,(H,25,26). The number of nitrogens with zero attached hydrogens (tertiary/aromatic N) is 1. The van der Waals surface area contributed by atoms with Gasteiger partial charge in [-0.05, 0) is 42.3 Å². The van der Waals surface area contributed by atoms with E-state index in [2.05, 4.69) is 34.7 Å². The summed E-state index contributed by atoms with van der Waals surface area (Å²) in [6.07, 6.45) is 3.21. The third kappa shape index (κ3) is 4.77. The Kier molecular flexibility index (Phi) is 5.94. The first-order valence-corrected chi connectivity index (χ1v) is 8.83. The van der Waals surface area contributed by atoms with E-state index < -0.39 is 0 Å². The molecule has 3 rings (SSSR count). The van der Waals surface area contributed by atoms with E-state index in [0.29, 0.717) is 28.6 Å². The Morgan fingerprint density at radius 2 is 1.96 bits per heavy atom. The average Bonchev–Trinajstić information content (AvgIpc) is 2.68. The Bertz CT molecular complexity index is 960. The van der Waals surface area contributed by atoms with Crippen LogP contribution < -0.4 is 15.4 Å². The molecule has 138 valence electrons. The summed E-state index contributed by atoms with van der Waals surface area (Å²) in [7, 11) is 1.54. The Hall–Kier alpha value is -3.05. The monoisotopic (exact) mass is 381 g/mol. The molecule has 0 saturated carbocycles. The largest absolute Gasteiger partial charge is 0.495 e. The SMILES string of the molecule is COc1ccc(Cl)cc1NC(=O)c1cncc(NCc2ccccc2C)c1. The van der Waals surface area contributed by atoms with E-state index >= 15 is 0 Å². The number of anilines is 2. The molecule has 0 spiro atoms. The van der Waals surface area contributed by atoms with Crippen LogP contribution in [-0.4, -0.2) is 18.0 Å². The molecule has 0 saturated heterocycles. The molecule has 27 heavy (non-hydrogen) atoms. The van der Waals surface area contributed by atoms with Crippen LogP contribution in [0.2, 0.25) is 5.02 Å². The summed E-state index contributed by atoms with van der Waals surface area (Å²) < 4.78 is 5.26. The summed E-state index contributed by atoms with van der Waals surface area (Å²) in [5.41, 5.74) is 4.11. The predicted octanol–water partition coefficient (Wildman–Crippen LogP) is 4.92. The number of aryl methyl sites for hydroxylation is 1. The quantitative estimate of drug-likeness (QED) is 0.636. The van der Waals surface area contributed by atoms with Crippen molar-refractivity contribution in [1.82, 2.24) is 4.98 Å². The molecule has 0 bridgehead atoms. The lowest BCUT2D eigenvalue weighted by Crippen LogP contribution is -2.13. The molecule has 1 heterocycles. The van der Waals surface area contributed by atoms with Crippen molar-refractivity contribution in [3.05, 3.63) is 82.6 Å². The number of halogens is 1. The molecular formula is C21H20ClN3O2. The van der Waals surface area contributed by atoms with Gasteiger partial charge in [-0.2, -0.15) is 0 Å². The number of carbonyl (C=O) groups is 1. The molecule has 0 aliphatic rings. The topological polar surface area (TPSA) is 63.2 Å². The molecule has 0 radical (unpaired) electrons. The van der Waals surface area contributed by atoms with Gasteiger partial charge in [-0.3, -0.25) is 9.78 Å². The van der Waals surface area contributed by atoms with Gasteiger partial charge in [0.1, 0.15) is 5.75 Å². The number of aromatic nitrogens is 1. The number of hydrogen-bond donors (Lipinski definition) is 2. The maximum absolute atomic E-state index is 12.6. The Morgan fingerprint density at radius 3 is 2.74 bits per heavy atom. The summed E-state index contributed by atoms with van der Waals surface area (Å²) in [5.74, 6) is 0.247. The van der Waals surface area contributed by atoms with Gasteiger partial charge in [0.05, 0.1) is 24.0 Å². The fraction of sp³-hybridized carbons (Fsp3) is 0.143. The molecule has 0 aliphatic carbocycles. The number of rotatable bonds is 6. The van der Waals surface area contributed by atoms with E-state index in [9.17, 15) is 4.79 Å². The molecule has 1 aromatic heterocycles. The van der Waals surface area contributed by atoms with Crippen LogP contribution in [-0.2, 0) is 6.54 Å². The number of carbonyl (C=O) groups excluding carboxylic acids is 1. The number of amides is 1. The molecule has 5 nitrogen and oxygen atoms in total. The molecule has 1 amide bonds. The molecule has 6 heteroatoms. The highest BCUT2D eigenvalue weighted by molar-refractivity contribution is 6.31. The lowest BCUT2D eigenvalue weighted by Gasteiger charge is -2.12. The molecule has 0 aliphatic heterocycles. The fourth-order valence-corrected chi connectivity index (χ4v) is 2.81. The molecular weight excluding hydrogens is 362 g/mol. The van der Waals surface area contributed by atoms with Crippen LogP contribution in [0, 0.1) is 6.92 Å². The molecule has 2 aromatic carbocycles. The van der Waals surface area contributed by atoms with Crippen molar-refractivity contribution in [1.29, 1.82) is 0 Å². The molecule has 0 atom stereocenters. The lowest BCUT2D eigenvalue weighted by molar-refractivity contribution is 0.102. The number of methoxy groups -OCH3 is 1. The zero-order chi connectivity index (χ0) is 19.2. The maximum Gasteiger partial charge on any atom is 0.257 e. The summed E-state index contributed by atoms with van der Waals surface area (Å²) in [6, 6.07) is 15.0. The van der Waals surface area contributed by atoms with Crippen molar-refractivity contribution in [3.8, 4) is 5.75 Å². The molecule has 3 aromatic rings. The highest BCUT2D eigenvalue weighted by atomic mass is 35.5. The van der Waals surface area contributed by atoms with Gasteiger partial charge >= 0.3 is 0 Å². The third-order valence-corrected chi connectivity index (χ3v) is 4.39. The molecule has 2 N–H and O–H groups in total. The lowest BCUT2D eigenvalue weighted by atomic mass is 10.1. The minimum Gasteiger partial charge on any atom is -0.495 e. The van der Waals surface area contributed by atoms with Gasteiger partial charge in [-0.25, -0.2) is 0 Å². The smallest absolute Gasteiger partial charge is 0.257 e. The molecule has 0 fully saturated rings. The van der Waals surface area contributed by atoms with Crippen LogP contribution in [0.1, 0.15) is 21.5 Å². The number of nitrogens with one attached hydrogen (secondary N) is 2. The summed E-state index contributed by atoms with van der Waals surface area (Å²) >= 11 is 6.01. The second-order valence-electron chi connectivity index (χ2n) is 6.04. The minimum absolute atomic E-state index is 0.289. The zero-order valence-electron chi connectivity index (χ0n) is 15.1. The van der Waals surface area contributed by atoms with Crippen LogP contribution >= 0.6 is 11.6 Å². The van der Waals surface area contributed by atoms with Crippen molar-refractivity contribution in [2.45, 2.75) is 13.5 Å². The van der Waals surface area contributed by atoms with E-state index in [4.69, 9.17) is 16.3 Å². The van der Waals surface area contributed by atoms with Crippen molar-refractivity contribution < 1.29 is 9.53 Å². The zero-order valence-corrected chi connectivity index (χ0v) is 15.9.